The number of amides is 1. The Balaban J connectivity index is 2.65. The molecule has 0 bridgehead atoms. The van der Waals surface area contributed by atoms with Crippen LogP contribution in [0.1, 0.15) is 10.6 Å². The number of halogens is 1. The van der Waals surface area contributed by atoms with Gasteiger partial charge in [0.1, 0.15) is 6.34 Å². The molecule has 1 amide bonds. The molecule has 3 N–H and O–H groups in total. The second-order valence-corrected chi connectivity index (χ2v) is 2.23. The van der Waals surface area contributed by atoms with Crippen LogP contribution < -0.4 is 11.2 Å². The molecule has 1 aromatic heterocycles. The molecule has 12 heavy (non-hydrogen) atoms. The number of nitrogens with zero attached hydrogens (tertiary/aromatic N) is 1. The van der Waals surface area contributed by atoms with Gasteiger partial charge in [0.05, 0.1) is 0 Å². The van der Waals surface area contributed by atoms with E-state index in [9.17, 15) is 4.79 Å². The van der Waals surface area contributed by atoms with Crippen LogP contribution in [-0.4, -0.2) is 12.2 Å². The van der Waals surface area contributed by atoms with Crippen molar-refractivity contribution in [3.63, 3.8) is 0 Å². The first kappa shape index (κ1) is 8.61. The minimum atomic E-state index is -0.448. The topological polar surface area (TPSA) is 80.6 Å². The third kappa shape index (κ3) is 2.00. The van der Waals surface area contributed by atoms with E-state index >= 15 is 0 Å². The maximum atomic E-state index is 11.0. The monoisotopic (exact) mass is 187 g/mol. The van der Waals surface area contributed by atoms with E-state index < -0.39 is 5.91 Å². The van der Waals surface area contributed by atoms with Crippen molar-refractivity contribution < 1.29 is 9.21 Å². The zero-order valence-electron chi connectivity index (χ0n) is 5.95. The molecule has 1 aromatic rings. The molecular weight excluding hydrogens is 182 g/mol. The highest BCUT2D eigenvalue weighted by atomic mass is 35.5. The Morgan fingerprint density at radius 2 is 2.50 bits per heavy atom. The van der Waals surface area contributed by atoms with Gasteiger partial charge in [0, 0.05) is 0 Å². The number of carbonyl (C=O) groups excluding carboxylic acids is 1. The van der Waals surface area contributed by atoms with Gasteiger partial charge in [-0.3, -0.25) is 4.79 Å². The van der Waals surface area contributed by atoms with Gasteiger partial charge in [-0.1, -0.05) is 0 Å². The Morgan fingerprint density at radius 3 is 3.00 bits per heavy atom. The van der Waals surface area contributed by atoms with Crippen molar-refractivity contribution in [3.05, 3.63) is 23.1 Å². The fraction of sp³-hybridized carbons (Fsp3) is 0. The van der Waals surface area contributed by atoms with Crippen LogP contribution >= 0.6 is 11.6 Å². The van der Waals surface area contributed by atoms with Gasteiger partial charge in [0.15, 0.2) is 11.0 Å². The van der Waals surface area contributed by atoms with Crippen molar-refractivity contribution in [1.29, 1.82) is 0 Å². The SMILES string of the molecule is NN=CNC(=O)c1ccc(Cl)o1. The molecule has 5 nitrogen and oxygen atoms in total. The minimum Gasteiger partial charge on any atom is -0.440 e. The molecule has 0 fully saturated rings. The molecular formula is C6H6ClN3O2. The summed E-state index contributed by atoms with van der Waals surface area (Å²) in [6.07, 6.45) is 1.05. The maximum Gasteiger partial charge on any atom is 0.292 e. The van der Waals surface area contributed by atoms with Crippen LogP contribution in [0, 0.1) is 0 Å². The lowest BCUT2D eigenvalue weighted by molar-refractivity contribution is 0.0951. The van der Waals surface area contributed by atoms with Gasteiger partial charge in [-0.25, -0.2) is 0 Å². The zero-order chi connectivity index (χ0) is 8.97. The molecule has 0 aromatic carbocycles. The molecule has 6 heteroatoms. The fourth-order valence-electron chi connectivity index (χ4n) is 0.603. The largest absolute Gasteiger partial charge is 0.440 e. The molecule has 0 radical (unpaired) electrons. The number of carbonyl (C=O) groups is 1. The summed E-state index contributed by atoms with van der Waals surface area (Å²) in [5.74, 6) is 4.42. The number of hydrogen-bond acceptors (Lipinski definition) is 4. The summed E-state index contributed by atoms with van der Waals surface area (Å²) in [6, 6.07) is 2.91. The summed E-state index contributed by atoms with van der Waals surface area (Å²) in [5, 5.41) is 5.49. The van der Waals surface area contributed by atoms with Gasteiger partial charge in [-0.2, -0.15) is 5.10 Å². The van der Waals surface area contributed by atoms with E-state index in [1.54, 1.807) is 0 Å². The highest BCUT2D eigenvalue weighted by Gasteiger charge is 2.07. The number of furan rings is 1. The smallest absolute Gasteiger partial charge is 0.292 e. The first-order chi connectivity index (χ1) is 5.74. The van der Waals surface area contributed by atoms with E-state index in [-0.39, 0.29) is 11.0 Å². The molecule has 0 aliphatic rings. The highest BCUT2D eigenvalue weighted by Crippen LogP contribution is 2.12. The van der Waals surface area contributed by atoms with Gasteiger partial charge >= 0.3 is 0 Å². The van der Waals surface area contributed by atoms with Gasteiger partial charge in [0.2, 0.25) is 0 Å². The number of hydrazone groups is 1. The Kier molecular flexibility index (Phi) is 2.71. The maximum absolute atomic E-state index is 11.0. The number of nitrogens with one attached hydrogen (secondary N) is 1. The van der Waals surface area contributed by atoms with Crippen LogP contribution in [0.25, 0.3) is 0 Å². The van der Waals surface area contributed by atoms with Gasteiger partial charge < -0.3 is 15.6 Å². The number of nitrogens with two attached hydrogens (primary N) is 1. The molecule has 64 valence electrons. The van der Waals surface area contributed by atoms with Crippen LogP contribution in [-0.2, 0) is 0 Å². The Labute approximate surface area is 73.2 Å². The zero-order valence-corrected chi connectivity index (χ0v) is 6.71. The average molecular weight is 188 g/mol. The Hall–Kier alpha value is -1.49. The average Bonchev–Trinajstić information content (AvgIpc) is 2.47. The Bertz CT molecular complexity index is 307. The van der Waals surface area contributed by atoms with Crippen molar-refractivity contribution in [2.24, 2.45) is 10.9 Å². The second kappa shape index (κ2) is 3.77. The first-order valence-electron chi connectivity index (χ1n) is 3.02. The molecule has 0 saturated heterocycles. The van der Waals surface area contributed by atoms with Crippen molar-refractivity contribution >= 4 is 23.8 Å². The molecule has 0 aliphatic carbocycles. The van der Waals surface area contributed by atoms with Gasteiger partial charge in [-0.05, 0) is 23.7 Å². The summed E-state index contributed by atoms with van der Waals surface area (Å²) in [4.78, 5) is 11.0. The quantitative estimate of drug-likeness (QED) is 0.307. The standard InChI is InChI=1S/C6H6ClN3O2/c7-5-2-1-4(12-5)6(11)9-3-10-8/h1-3H,8H2,(H,9,10,11). The van der Waals surface area contributed by atoms with Crippen LogP contribution in [0.3, 0.4) is 0 Å². The van der Waals surface area contributed by atoms with Crippen LogP contribution in [0.2, 0.25) is 5.22 Å². The van der Waals surface area contributed by atoms with Crippen LogP contribution in [0.15, 0.2) is 21.7 Å². The summed E-state index contributed by atoms with van der Waals surface area (Å²) < 4.78 is 4.79. The predicted octanol–water partition coefficient (Wildman–Crippen LogP) is 0.565. The van der Waals surface area contributed by atoms with Crippen LogP contribution in [0.4, 0.5) is 0 Å². The predicted molar refractivity (Wildman–Crippen MR) is 43.9 cm³/mol. The van der Waals surface area contributed by atoms with Crippen molar-refractivity contribution in [2.45, 2.75) is 0 Å². The lowest BCUT2D eigenvalue weighted by atomic mass is 10.4. The molecule has 0 saturated carbocycles. The van der Waals surface area contributed by atoms with Crippen LogP contribution in [0.5, 0.6) is 0 Å². The lowest BCUT2D eigenvalue weighted by Crippen LogP contribution is -2.21. The van der Waals surface area contributed by atoms with Crippen molar-refractivity contribution in [2.75, 3.05) is 0 Å². The molecule has 1 rings (SSSR count). The summed E-state index contributed by atoms with van der Waals surface area (Å²) in [5.41, 5.74) is 0. The molecule has 0 atom stereocenters. The molecule has 1 heterocycles. The summed E-state index contributed by atoms with van der Waals surface area (Å²) in [7, 11) is 0. The van der Waals surface area contributed by atoms with E-state index in [1.165, 1.54) is 12.1 Å². The van der Waals surface area contributed by atoms with E-state index in [0.717, 1.165) is 6.34 Å². The first-order valence-corrected chi connectivity index (χ1v) is 3.40. The summed E-state index contributed by atoms with van der Waals surface area (Å²) >= 11 is 5.43. The second-order valence-electron chi connectivity index (χ2n) is 1.86. The molecule has 0 unspecified atom stereocenters. The third-order valence-corrected chi connectivity index (χ3v) is 1.27. The van der Waals surface area contributed by atoms with Gasteiger partial charge in [0.25, 0.3) is 5.91 Å². The minimum absolute atomic E-state index is 0.111. The third-order valence-electron chi connectivity index (χ3n) is 1.07. The van der Waals surface area contributed by atoms with Gasteiger partial charge in [-0.15, -0.1) is 0 Å². The van der Waals surface area contributed by atoms with Crippen molar-refractivity contribution in [3.8, 4) is 0 Å². The molecule has 0 spiro atoms. The normalized spacial score (nSPS) is 10.4. The number of hydrogen-bond donors (Lipinski definition) is 2. The fourth-order valence-corrected chi connectivity index (χ4v) is 0.749. The number of rotatable bonds is 2. The van der Waals surface area contributed by atoms with E-state index in [1.807, 2.05) is 0 Å². The highest BCUT2D eigenvalue weighted by molar-refractivity contribution is 6.29. The van der Waals surface area contributed by atoms with Crippen molar-refractivity contribution in [1.82, 2.24) is 5.32 Å². The molecule has 0 aliphatic heterocycles. The Morgan fingerprint density at radius 1 is 1.75 bits per heavy atom. The summed E-state index contributed by atoms with van der Waals surface area (Å²) in [6.45, 7) is 0. The van der Waals surface area contributed by atoms with E-state index in [2.05, 4.69) is 10.4 Å². The van der Waals surface area contributed by atoms with E-state index in [4.69, 9.17) is 21.9 Å². The van der Waals surface area contributed by atoms with E-state index in [0.29, 0.717) is 0 Å². The lowest BCUT2D eigenvalue weighted by Gasteiger charge is -1.92.